The Balaban J connectivity index is 2.00. The van der Waals surface area contributed by atoms with Crippen molar-refractivity contribution < 1.29 is 27.6 Å². The van der Waals surface area contributed by atoms with Crippen LogP contribution in [0.3, 0.4) is 0 Å². The molecule has 2 rings (SSSR count). The zero-order chi connectivity index (χ0) is 22.5. The third-order valence-electron chi connectivity index (χ3n) is 4.42. The van der Waals surface area contributed by atoms with Gasteiger partial charge in [0.2, 0.25) is 5.91 Å². The van der Waals surface area contributed by atoms with Gasteiger partial charge in [-0.15, -0.1) is 0 Å². The van der Waals surface area contributed by atoms with Crippen LogP contribution in [0.15, 0.2) is 18.2 Å². The third-order valence-corrected chi connectivity index (χ3v) is 4.73. The summed E-state index contributed by atoms with van der Waals surface area (Å²) in [6, 6.07) is 2.74. The SMILES string of the molecule is CC(C)CNC(=O)c1ccc(NC(=O)N2CCCC2C(=O)NCC(F)(F)F)cc1Cl. The standard InChI is InChI=1S/C19H24ClF3N4O3/c1-11(2)9-24-16(28)13-6-5-12(8-14(13)20)26-18(30)27-7-3-4-15(27)17(29)25-10-19(21,22)23/h5-6,8,11,15H,3-4,7,9-10H2,1-2H3,(H,24,28)(H,25,29)(H,26,30). The van der Waals surface area contributed by atoms with E-state index in [1.807, 2.05) is 19.2 Å². The summed E-state index contributed by atoms with van der Waals surface area (Å²) in [6.45, 7) is 3.18. The predicted molar refractivity (Wildman–Crippen MR) is 106 cm³/mol. The number of alkyl halides is 3. The van der Waals surface area contributed by atoms with Crippen LogP contribution in [0.4, 0.5) is 23.7 Å². The van der Waals surface area contributed by atoms with Crippen molar-refractivity contribution >= 4 is 35.1 Å². The van der Waals surface area contributed by atoms with Crippen molar-refractivity contribution in [3.8, 4) is 0 Å². The summed E-state index contributed by atoms with van der Waals surface area (Å²) in [5.41, 5.74) is 0.549. The Morgan fingerprint density at radius 2 is 1.93 bits per heavy atom. The summed E-state index contributed by atoms with van der Waals surface area (Å²) in [5, 5.41) is 7.25. The smallest absolute Gasteiger partial charge is 0.352 e. The van der Waals surface area contributed by atoms with Crippen LogP contribution < -0.4 is 16.0 Å². The minimum atomic E-state index is -4.53. The first-order valence-electron chi connectivity index (χ1n) is 9.47. The van der Waals surface area contributed by atoms with Gasteiger partial charge in [-0.2, -0.15) is 13.2 Å². The van der Waals surface area contributed by atoms with Crippen LogP contribution in [-0.2, 0) is 4.79 Å². The lowest BCUT2D eigenvalue weighted by Gasteiger charge is -2.24. The van der Waals surface area contributed by atoms with E-state index in [0.717, 1.165) is 0 Å². The van der Waals surface area contributed by atoms with E-state index in [4.69, 9.17) is 11.6 Å². The van der Waals surface area contributed by atoms with Crippen LogP contribution in [0.1, 0.15) is 37.0 Å². The van der Waals surface area contributed by atoms with E-state index in [-0.39, 0.29) is 35.4 Å². The van der Waals surface area contributed by atoms with Gasteiger partial charge in [-0.05, 0) is 37.0 Å². The highest BCUT2D eigenvalue weighted by Crippen LogP contribution is 2.24. The molecule has 1 aromatic rings. The molecule has 3 N–H and O–H groups in total. The van der Waals surface area contributed by atoms with E-state index in [9.17, 15) is 27.6 Å². The van der Waals surface area contributed by atoms with Gasteiger partial charge < -0.3 is 20.9 Å². The topological polar surface area (TPSA) is 90.5 Å². The molecule has 1 saturated heterocycles. The number of halogens is 4. The first-order valence-corrected chi connectivity index (χ1v) is 9.85. The molecule has 1 unspecified atom stereocenters. The fourth-order valence-corrected chi connectivity index (χ4v) is 3.22. The molecule has 0 radical (unpaired) electrons. The highest BCUT2D eigenvalue weighted by molar-refractivity contribution is 6.34. The first-order chi connectivity index (χ1) is 14.0. The predicted octanol–water partition coefficient (Wildman–Crippen LogP) is 3.40. The fraction of sp³-hybridized carbons (Fsp3) is 0.526. The van der Waals surface area contributed by atoms with E-state index in [2.05, 4.69) is 10.6 Å². The third kappa shape index (κ3) is 6.79. The summed E-state index contributed by atoms with van der Waals surface area (Å²) in [6.07, 6.45) is -3.76. The molecular formula is C19H24ClF3N4O3. The van der Waals surface area contributed by atoms with Crippen LogP contribution in [0.2, 0.25) is 5.02 Å². The lowest BCUT2D eigenvalue weighted by atomic mass is 10.1. The molecule has 0 saturated carbocycles. The van der Waals surface area contributed by atoms with Crippen LogP contribution in [0.5, 0.6) is 0 Å². The Labute approximate surface area is 177 Å². The molecule has 0 spiro atoms. The number of amides is 4. The van der Waals surface area contributed by atoms with Crippen LogP contribution in [0, 0.1) is 5.92 Å². The highest BCUT2D eigenvalue weighted by Gasteiger charge is 2.36. The number of carbonyl (C=O) groups is 3. The average Bonchev–Trinajstić information content (AvgIpc) is 3.13. The van der Waals surface area contributed by atoms with Gasteiger partial charge in [-0.1, -0.05) is 25.4 Å². The van der Waals surface area contributed by atoms with Gasteiger partial charge in [0.05, 0.1) is 10.6 Å². The van der Waals surface area contributed by atoms with E-state index < -0.39 is 30.7 Å². The second-order valence-corrected chi connectivity index (χ2v) is 7.82. The van der Waals surface area contributed by atoms with Gasteiger partial charge in [0.15, 0.2) is 0 Å². The van der Waals surface area contributed by atoms with Gasteiger partial charge >= 0.3 is 12.2 Å². The summed E-state index contributed by atoms with van der Waals surface area (Å²) < 4.78 is 36.9. The van der Waals surface area contributed by atoms with Crippen LogP contribution in [0.25, 0.3) is 0 Å². The number of hydrogen-bond donors (Lipinski definition) is 3. The Morgan fingerprint density at radius 1 is 1.23 bits per heavy atom. The number of rotatable bonds is 6. The molecule has 166 valence electrons. The fourth-order valence-electron chi connectivity index (χ4n) is 2.95. The van der Waals surface area contributed by atoms with Crippen molar-refractivity contribution in [2.24, 2.45) is 5.92 Å². The van der Waals surface area contributed by atoms with Gasteiger partial charge in [-0.25, -0.2) is 4.79 Å². The number of benzene rings is 1. The molecule has 4 amide bonds. The molecule has 7 nitrogen and oxygen atoms in total. The largest absolute Gasteiger partial charge is 0.405 e. The van der Waals surface area contributed by atoms with Gasteiger partial charge in [0, 0.05) is 18.8 Å². The monoisotopic (exact) mass is 448 g/mol. The summed E-state index contributed by atoms with van der Waals surface area (Å²) >= 11 is 6.15. The Hall–Kier alpha value is -2.49. The number of likely N-dealkylation sites (tertiary alicyclic amines) is 1. The summed E-state index contributed by atoms with van der Waals surface area (Å²) in [7, 11) is 0. The van der Waals surface area contributed by atoms with Crippen LogP contribution in [-0.4, -0.2) is 54.6 Å². The number of nitrogens with one attached hydrogen (secondary N) is 3. The molecule has 30 heavy (non-hydrogen) atoms. The molecule has 1 aliphatic rings. The normalized spacial score (nSPS) is 16.5. The molecule has 0 aliphatic carbocycles. The van der Waals surface area contributed by atoms with E-state index in [1.165, 1.54) is 23.1 Å². The maximum Gasteiger partial charge on any atom is 0.405 e. The van der Waals surface area contributed by atoms with E-state index >= 15 is 0 Å². The Kier molecular flexibility index (Phi) is 7.94. The molecule has 1 fully saturated rings. The second-order valence-electron chi connectivity index (χ2n) is 7.41. The van der Waals surface area contributed by atoms with Crippen molar-refractivity contribution in [1.29, 1.82) is 0 Å². The summed E-state index contributed by atoms with van der Waals surface area (Å²) in [5.74, 6) is -0.921. The number of urea groups is 1. The number of carbonyl (C=O) groups excluding carboxylic acids is 3. The zero-order valence-electron chi connectivity index (χ0n) is 16.6. The van der Waals surface area contributed by atoms with E-state index in [0.29, 0.717) is 18.7 Å². The minimum absolute atomic E-state index is 0.134. The second kappa shape index (κ2) is 10.0. The maximum atomic E-state index is 12.5. The Bertz CT molecular complexity index is 802. The molecular weight excluding hydrogens is 425 g/mol. The van der Waals surface area contributed by atoms with Crippen molar-refractivity contribution in [2.75, 3.05) is 25.0 Å². The first kappa shape index (κ1) is 23.8. The molecule has 0 aromatic heterocycles. The van der Waals surface area contributed by atoms with Crippen molar-refractivity contribution in [3.63, 3.8) is 0 Å². The van der Waals surface area contributed by atoms with E-state index in [1.54, 1.807) is 0 Å². The van der Waals surface area contributed by atoms with Crippen LogP contribution >= 0.6 is 11.6 Å². The quantitative estimate of drug-likeness (QED) is 0.623. The maximum absolute atomic E-state index is 12.5. The lowest BCUT2D eigenvalue weighted by molar-refractivity contribution is -0.140. The lowest BCUT2D eigenvalue weighted by Crippen LogP contribution is -2.49. The number of anilines is 1. The van der Waals surface area contributed by atoms with Gasteiger partial charge in [-0.3, -0.25) is 9.59 Å². The molecule has 1 aromatic carbocycles. The van der Waals surface area contributed by atoms with Crippen molar-refractivity contribution in [1.82, 2.24) is 15.5 Å². The minimum Gasteiger partial charge on any atom is -0.352 e. The molecule has 0 bridgehead atoms. The van der Waals surface area contributed by atoms with Crippen molar-refractivity contribution in [2.45, 2.75) is 38.9 Å². The van der Waals surface area contributed by atoms with Gasteiger partial charge in [0.1, 0.15) is 12.6 Å². The zero-order valence-corrected chi connectivity index (χ0v) is 17.4. The molecule has 1 heterocycles. The Morgan fingerprint density at radius 3 is 2.53 bits per heavy atom. The number of nitrogens with zero attached hydrogens (tertiary/aromatic N) is 1. The average molecular weight is 449 g/mol. The molecule has 1 atom stereocenters. The van der Waals surface area contributed by atoms with Crippen molar-refractivity contribution in [3.05, 3.63) is 28.8 Å². The number of hydrogen-bond acceptors (Lipinski definition) is 3. The summed E-state index contributed by atoms with van der Waals surface area (Å²) in [4.78, 5) is 37.9. The molecule has 1 aliphatic heterocycles. The highest BCUT2D eigenvalue weighted by atomic mass is 35.5. The van der Waals surface area contributed by atoms with Gasteiger partial charge in [0.25, 0.3) is 5.91 Å². The molecule has 11 heteroatoms.